The Morgan fingerprint density at radius 1 is 1.11 bits per heavy atom. The van der Waals surface area contributed by atoms with Gasteiger partial charge in [0.1, 0.15) is 11.5 Å². The minimum absolute atomic E-state index is 0.170. The van der Waals surface area contributed by atoms with Crippen LogP contribution in [0.5, 0.6) is 11.5 Å². The predicted molar refractivity (Wildman–Crippen MR) is 71.2 cm³/mol. The van der Waals surface area contributed by atoms with Gasteiger partial charge in [-0.2, -0.15) is 0 Å². The van der Waals surface area contributed by atoms with Gasteiger partial charge in [0.25, 0.3) is 0 Å². The normalized spacial score (nSPS) is 12.3. The van der Waals surface area contributed by atoms with E-state index in [1.54, 1.807) is 25.1 Å². The second kappa shape index (κ2) is 5.67. The molecule has 0 saturated heterocycles. The molecule has 0 fully saturated rings. The summed E-state index contributed by atoms with van der Waals surface area (Å²) in [4.78, 5) is 0. The summed E-state index contributed by atoms with van der Waals surface area (Å²) in [5.74, 6) is -1.35. The van der Waals surface area contributed by atoms with Gasteiger partial charge in [0.15, 0.2) is 11.6 Å². The monoisotopic (exact) mass is 328 g/mol. The van der Waals surface area contributed by atoms with Crippen LogP contribution in [0.2, 0.25) is 0 Å². The Bertz CT molecular complexity index is 600. The summed E-state index contributed by atoms with van der Waals surface area (Å²) in [5, 5.41) is 9.67. The van der Waals surface area contributed by atoms with Gasteiger partial charge >= 0.3 is 0 Å². The van der Waals surface area contributed by atoms with Gasteiger partial charge in [-0.25, -0.2) is 8.78 Å². The van der Waals surface area contributed by atoms with Gasteiger partial charge in [-0.05, 0) is 37.3 Å². The minimum Gasteiger partial charge on any atom is -0.457 e. The fraction of sp³-hybridized carbons (Fsp3) is 0.143. The van der Waals surface area contributed by atoms with Gasteiger partial charge in [-0.15, -0.1) is 0 Å². The van der Waals surface area contributed by atoms with Crippen molar-refractivity contribution in [1.82, 2.24) is 0 Å². The Labute approximate surface area is 117 Å². The lowest BCUT2D eigenvalue weighted by Gasteiger charge is -2.13. The number of ether oxygens (including phenoxy) is 1. The van der Waals surface area contributed by atoms with Crippen LogP contribution < -0.4 is 4.74 Å². The molecule has 0 aliphatic rings. The van der Waals surface area contributed by atoms with E-state index in [9.17, 15) is 13.9 Å². The average Bonchev–Trinajstić information content (AvgIpc) is 2.36. The van der Waals surface area contributed by atoms with Crippen LogP contribution in [0.25, 0.3) is 0 Å². The Morgan fingerprint density at radius 2 is 1.84 bits per heavy atom. The molecular weight excluding hydrogens is 318 g/mol. The molecule has 100 valence electrons. The van der Waals surface area contributed by atoms with E-state index in [-0.39, 0.29) is 5.75 Å². The number of halogens is 3. The summed E-state index contributed by atoms with van der Waals surface area (Å²) < 4.78 is 32.2. The molecule has 1 unspecified atom stereocenters. The fourth-order valence-corrected chi connectivity index (χ4v) is 1.98. The highest BCUT2D eigenvalue weighted by Gasteiger charge is 2.12. The van der Waals surface area contributed by atoms with Crippen LogP contribution in [-0.4, -0.2) is 5.11 Å². The van der Waals surface area contributed by atoms with Gasteiger partial charge in [0.2, 0.25) is 0 Å². The van der Waals surface area contributed by atoms with Crippen molar-refractivity contribution in [3.63, 3.8) is 0 Å². The smallest absolute Gasteiger partial charge is 0.162 e. The van der Waals surface area contributed by atoms with Gasteiger partial charge in [0.05, 0.1) is 6.10 Å². The van der Waals surface area contributed by atoms with E-state index in [0.29, 0.717) is 11.3 Å². The molecule has 2 nitrogen and oxygen atoms in total. The number of rotatable bonds is 3. The van der Waals surface area contributed by atoms with E-state index < -0.39 is 17.7 Å². The average molecular weight is 329 g/mol. The van der Waals surface area contributed by atoms with Crippen molar-refractivity contribution in [3.05, 3.63) is 58.1 Å². The standard InChI is InChI=1S/C14H11BrF2O2/c1-8(18)11-6-9(15)2-5-14(11)19-10-3-4-12(16)13(17)7-10/h2-8,18H,1H3. The van der Waals surface area contributed by atoms with E-state index in [2.05, 4.69) is 15.9 Å². The minimum atomic E-state index is -0.979. The topological polar surface area (TPSA) is 29.5 Å². The molecule has 0 aliphatic heterocycles. The molecule has 0 amide bonds. The maximum absolute atomic E-state index is 13.1. The highest BCUT2D eigenvalue weighted by molar-refractivity contribution is 9.10. The largest absolute Gasteiger partial charge is 0.457 e. The van der Waals surface area contributed by atoms with E-state index in [4.69, 9.17) is 4.74 Å². The summed E-state index contributed by atoms with van der Waals surface area (Å²) in [6.45, 7) is 1.60. The van der Waals surface area contributed by atoms with E-state index in [1.165, 1.54) is 6.07 Å². The lowest BCUT2D eigenvalue weighted by atomic mass is 10.1. The van der Waals surface area contributed by atoms with Crippen molar-refractivity contribution in [2.45, 2.75) is 13.0 Å². The molecular formula is C14H11BrF2O2. The second-order valence-corrected chi connectivity index (χ2v) is 4.95. The molecule has 0 spiro atoms. The van der Waals surface area contributed by atoms with Crippen LogP contribution in [-0.2, 0) is 0 Å². The molecule has 2 aromatic rings. The van der Waals surface area contributed by atoms with E-state index >= 15 is 0 Å². The third kappa shape index (κ3) is 3.30. The zero-order valence-corrected chi connectivity index (χ0v) is 11.6. The molecule has 0 saturated carbocycles. The Hall–Kier alpha value is -1.46. The zero-order valence-electron chi connectivity index (χ0n) is 10.0. The summed E-state index contributed by atoms with van der Waals surface area (Å²) in [5.41, 5.74) is 0.555. The summed E-state index contributed by atoms with van der Waals surface area (Å²) in [7, 11) is 0. The number of hydrogen-bond acceptors (Lipinski definition) is 2. The van der Waals surface area contributed by atoms with Crippen molar-refractivity contribution in [2.75, 3.05) is 0 Å². The third-order valence-corrected chi connectivity index (χ3v) is 3.03. The molecule has 19 heavy (non-hydrogen) atoms. The Balaban J connectivity index is 2.35. The summed E-state index contributed by atoms with van der Waals surface area (Å²) >= 11 is 3.29. The fourth-order valence-electron chi connectivity index (χ4n) is 1.61. The molecule has 0 heterocycles. The zero-order chi connectivity index (χ0) is 14.0. The van der Waals surface area contributed by atoms with Crippen LogP contribution in [0.1, 0.15) is 18.6 Å². The molecule has 2 aromatic carbocycles. The van der Waals surface area contributed by atoms with Crippen molar-refractivity contribution < 1.29 is 18.6 Å². The molecule has 0 bridgehead atoms. The maximum atomic E-state index is 13.1. The van der Waals surface area contributed by atoms with Crippen LogP contribution >= 0.6 is 15.9 Å². The Kier molecular flexibility index (Phi) is 4.17. The first-order valence-corrected chi connectivity index (χ1v) is 6.37. The molecule has 2 rings (SSSR count). The van der Waals surface area contributed by atoms with Crippen LogP contribution in [0.15, 0.2) is 40.9 Å². The lowest BCUT2D eigenvalue weighted by molar-refractivity contribution is 0.195. The first-order chi connectivity index (χ1) is 8.97. The first-order valence-electron chi connectivity index (χ1n) is 5.58. The van der Waals surface area contributed by atoms with Crippen molar-refractivity contribution >= 4 is 15.9 Å². The van der Waals surface area contributed by atoms with Crippen LogP contribution in [0, 0.1) is 11.6 Å². The van der Waals surface area contributed by atoms with E-state index in [0.717, 1.165) is 16.6 Å². The van der Waals surface area contributed by atoms with Crippen molar-refractivity contribution in [1.29, 1.82) is 0 Å². The predicted octanol–water partition coefficient (Wildman–Crippen LogP) is 4.57. The quantitative estimate of drug-likeness (QED) is 0.894. The molecule has 5 heteroatoms. The van der Waals surface area contributed by atoms with E-state index in [1.807, 2.05) is 0 Å². The highest BCUT2D eigenvalue weighted by Crippen LogP contribution is 2.32. The third-order valence-electron chi connectivity index (χ3n) is 2.54. The maximum Gasteiger partial charge on any atom is 0.162 e. The molecule has 0 aliphatic carbocycles. The number of aliphatic hydroxyl groups excluding tert-OH is 1. The van der Waals surface area contributed by atoms with Crippen LogP contribution in [0.3, 0.4) is 0 Å². The van der Waals surface area contributed by atoms with Gasteiger partial charge < -0.3 is 9.84 Å². The second-order valence-electron chi connectivity index (χ2n) is 4.04. The molecule has 1 atom stereocenters. The van der Waals surface area contributed by atoms with Crippen molar-refractivity contribution in [2.24, 2.45) is 0 Å². The number of aliphatic hydroxyl groups is 1. The molecule has 0 aromatic heterocycles. The Morgan fingerprint density at radius 3 is 2.47 bits per heavy atom. The van der Waals surface area contributed by atoms with Gasteiger partial charge in [-0.1, -0.05) is 15.9 Å². The first kappa shape index (κ1) is 14.0. The van der Waals surface area contributed by atoms with Crippen molar-refractivity contribution in [3.8, 4) is 11.5 Å². The number of hydrogen-bond donors (Lipinski definition) is 1. The summed E-state index contributed by atoms with van der Waals surface area (Å²) in [6.07, 6.45) is -0.738. The molecule has 1 N–H and O–H groups in total. The lowest BCUT2D eigenvalue weighted by Crippen LogP contribution is -1.97. The highest BCUT2D eigenvalue weighted by atomic mass is 79.9. The summed E-state index contributed by atoms with van der Waals surface area (Å²) in [6, 6.07) is 8.37. The van der Waals surface area contributed by atoms with Crippen LogP contribution in [0.4, 0.5) is 8.78 Å². The molecule has 0 radical (unpaired) electrons. The SMILES string of the molecule is CC(O)c1cc(Br)ccc1Oc1ccc(F)c(F)c1. The van der Waals surface area contributed by atoms with Gasteiger partial charge in [-0.3, -0.25) is 0 Å². The van der Waals surface area contributed by atoms with Gasteiger partial charge in [0, 0.05) is 16.1 Å². The number of benzene rings is 2.